The number of benzene rings is 1. The Labute approximate surface area is 156 Å². The second-order valence-corrected chi connectivity index (χ2v) is 7.26. The number of aliphatic hydroxyl groups is 1. The molecule has 2 fully saturated rings. The smallest absolute Gasteiger partial charge is 0.325 e. The van der Waals surface area contributed by atoms with Gasteiger partial charge >= 0.3 is 6.03 Å². The van der Waals surface area contributed by atoms with E-state index in [-0.39, 0.29) is 19.2 Å². The van der Waals surface area contributed by atoms with Crippen LogP contribution < -0.4 is 19.7 Å². The lowest BCUT2D eigenvalue weighted by Crippen LogP contribution is -3.15. The van der Waals surface area contributed by atoms with Crippen LogP contribution in [0, 0.1) is 0 Å². The number of carbonyl (C=O) groups is 2. The van der Waals surface area contributed by atoms with Gasteiger partial charge in [-0.25, -0.2) is 4.79 Å². The number of β-amino-alcohol motifs (C(OH)–C–C–N with tert-alkyl or cyclic N) is 1. The molecule has 0 aliphatic carbocycles. The first-order valence-electron chi connectivity index (χ1n) is 9.11. The lowest BCUT2D eigenvalue weighted by Gasteiger charge is -2.27. The molecule has 0 spiro atoms. The molecule has 3 N–H and O–H groups in total. The zero-order chi connectivity index (χ0) is 19.0. The summed E-state index contributed by atoms with van der Waals surface area (Å²) in [5.41, 5.74) is -0.593. The number of aliphatic hydroxyl groups excluding tert-OH is 1. The Hall–Kier alpha value is -2.36. The maximum atomic E-state index is 13.0. The minimum Gasteiger partial charge on any atom is -0.454 e. The van der Waals surface area contributed by atoms with Crippen LogP contribution in [0.15, 0.2) is 18.2 Å². The molecule has 2 atom stereocenters. The highest BCUT2D eigenvalue weighted by Crippen LogP contribution is 2.37. The Balaban J connectivity index is 1.46. The number of nitrogens with one attached hydrogen (secondary N) is 2. The van der Waals surface area contributed by atoms with Crippen LogP contribution in [0.4, 0.5) is 4.79 Å². The first-order valence-corrected chi connectivity index (χ1v) is 9.11. The van der Waals surface area contributed by atoms with E-state index in [1.807, 2.05) is 0 Å². The molecule has 9 nitrogen and oxygen atoms in total. The fourth-order valence-electron chi connectivity index (χ4n) is 3.74. The second-order valence-electron chi connectivity index (χ2n) is 7.26. The van der Waals surface area contributed by atoms with Gasteiger partial charge in [0.15, 0.2) is 11.5 Å². The first kappa shape index (κ1) is 18.0. The molecule has 27 heavy (non-hydrogen) atoms. The van der Waals surface area contributed by atoms with Gasteiger partial charge in [-0.15, -0.1) is 0 Å². The number of amides is 3. The molecule has 4 rings (SSSR count). The van der Waals surface area contributed by atoms with Crippen LogP contribution in [0.2, 0.25) is 0 Å². The Morgan fingerprint density at radius 1 is 1.26 bits per heavy atom. The summed E-state index contributed by atoms with van der Waals surface area (Å²) in [6, 6.07) is 4.67. The minimum atomic E-state index is -1.20. The summed E-state index contributed by atoms with van der Waals surface area (Å²) in [5.74, 6) is 0.771. The van der Waals surface area contributed by atoms with Gasteiger partial charge in [0, 0.05) is 0 Å². The van der Waals surface area contributed by atoms with Crippen LogP contribution >= 0.6 is 0 Å². The van der Waals surface area contributed by atoms with Gasteiger partial charge in [0.25, 0.3) is 5.91 Å². The summed E-state index contributed by atoms with van der Waals surface area (Å²) in [6.45, 7) is 5.18. The quantitative estimate of drug-likeness (QED) is 0.537. The Morgan fingerprint density at radius 2 is 2.00 bits per heavy atom. The molecular weight excluding hydrogens is 354 g/mol. The van der Waals surface area contributed by atoms with Crippen molar-refractivity contribution in [1.82, 2.24) is 10.2 Å². The molecule has 0 aromatic heterocycles. The summed E-state index contributed by atoms with van der Waals surface area (Å²) >= 11 is 0. The molecule has 3 amide bonds. The van der Waals surface area contributed by atoms with Gasteiger partial charge in [0.1, 0.15) is 31.3 Å². The van der Waals surface area contributed by atoms with Crippen molar-refractivity contribution in [3.8, 4) is 11.5 Å². The highest BCUT2D eigenvalue weighted by atomic mass is 16.7. The normalized spacial score (nSPS) is 26.4. The zero-order valence-corrected chi connectivity index (χ0v) is 15.2. The van der Waals surface area contributed by atoms with E-state index in [9.17, 15) is 14.7 Å². The number of morpholine rings is 1. The van der Waals surface area contributed by atoms with Crippen molar-refractivity contribution >= 4 is 11.9 Å². The summed E-state index contributed by atoms with van der Waals surface area (Å²) in [5, 5.41) is 13.1. The number of hydrogen-bond acceptors (Lipinski definition) is 6. The van der Waals surface area contributed by atoms with E-state index < -0.39 is 17.7 Å². The van der Waals surface area contributed by atoms with Crippen molar-refractivity contribution in [3.05, 3.63) is 23.8 Å². The number of quaternary nitrogens is 1. The van der Waals surface area contributed by atoms with Crippen LogP contribution in [0.1, 0.15) is 12.5 Å². The van der Waals surface area contributed by atoms with E-state index in [1.54, 1.807) is 25.1 Å². The third-order valence-electron chi connectivity index (χ3n) is 5.34. The molecule has 3 aliphatic rings. The van der Waals surface area contributed by atoms with Gasteiger partial charge in [0.2, 0.25) is 6.79 Å². The average Bonchev–Trinajstić information content (AvgIpc) is 3.21. The van der Waals surface area contributed by atoms with Crippen molar-refractivity contribution in [2.24, 2.45) is 0 Å². The lowest BCUT2D eigenvalue weighted by molar-refractivity contribution is -0.910. The first-order chi connectivity index (χ1) is 13.0. The maximum Gasteiger partial charge on any atom is 0.325 e. The monoisotopic (exact) mass is 378 g/mol. The lowest BCUT2D eigenvalue weighted by atomic mass is 9.91. The Kier molecular flexibility index (Phi) is 4.67. The third kappa shape index (κ3) is 3.33. The van der Waals surface area contributed by atoms with Crippen LogP contribution in [0.25, 0.3) is 0 Å². The van der Waals surface area contributed by atoms with E-state index in [0.717, 1.165) is 18.0 Å². The maximum absolute atomic E-state index is 13.0. The topological polar surface area (TPSA) is 102 Å². The van der Waals surface area contributed by atoms with Gasteiger partial charge in [0.05, 0.1) is 19.8 Å². The predicted molar refractivity (Wildman–Crippen MR) is 92.6 cm³/mol. The molecule has 1 aromatic rings. The summed E-state index contributed by atoms with van der Waals surface area (Å²) in [4.78, 5) is 27.7. The van der Waals surface area contributed by atoms with Crippen molar-refractivity contribution in [3.63, 3.8) is 0 Å². The largest absolute Gasteiger partial charge is 0.454 e. The highest BCUT2D eigenvalue weighted by molar-refractivity contribution is 6.07. The molecule has 9 heteroatoms. The molecule has 1 aromatic carbocycles. The van der Waals surface area contributed by atoms with E-state index in [2.05, 4.69) is 5.32 Å². The van der Waals surface area contributed by atoms with Crippen LogP contribution in [-0.4, -0.2) is 74.2 Å². The summed E-state index contributed by atoms with van der Waals surface area (Å²) < 4.78 is 16.0. The molecule has 0 bridgehead atoms. The number of imide groups is 1. The van der Waals surface area contributed by atoms with Crippen molar-refractivity contribution in [2.45, 2.75) is 18.6 Å². The number of rotatable bonds is 5. The minimum absolute atomic E-state index is 0.0326. The SMILES string of the molecule is C[C@@]1(c2ccc3c(c2)OCO3)NC(=O)N(C[C@@H](O)C[NH+]2CCOCC2)C1=O. The fraction of sp³-hybridized carbons (Fsp3) is 0.556. The molecule has 3 aliphatic heterocycles. The predicted octanol–water partition coefficient (Wildman–Crippen LogP) is -1.54. The number of fused-ring (bicyclic) bond motifs is 1. The van der Waals surface area contributed by atoms with E-state index >= 15 is 0 Å². The van der Waals surface area contributed by atoms with Gasteiger partial charge in [-0.3, -0.25) is 9.69 Å². The van der Waals surface area contributed by atoms with Gasteiger partial charge in [-0.2, -0.15) is 0 Å². The molecule has 146 valence electrons. The number of urea groups is 1. The second kappa shape index (κ2) is 6.99. The zero-order valence-electron chi connectivity index (χ0n) is 15.2. The van der Waals surface area contributed by atoms with Gasteiger partial charge in [-0.1, -0.05) is 6.07 Å². The van der Waals surface area contributed by atoms with Crippen LogP contribution in [-0.2, 0) is 15.1 Å². The molecule has 0 radical (unpaired) electrons. The van der Waals surface area contributed by atoms with Gasteiger partial charge < -0.3 is 29.5 Å². The average molecular weight is 378 g/mol. The molecule has 0 unspecified atom stereocenters. The summed E-state index contributed by atoms with van der Waals surface area (Å²) in [6.07, 6.45) is -0.785. The fourth-order valence-corrected chi connectivity index (χ4v) is 3.74. The van der Waals surface area contributed by atoms with E-state index in [4.69, 9.17) is 14.2 Å². The van der Waals surface area contributed by atoms with Crippen molar-refractivity contribution in [2.75, 3.05) is 46.2 Å². The molecule has 0 saturated carbocycles. The van der Waals surface area contributed by atoms with Gasteiger partial charge in [-0.05, 0) is 24.6 Å². The molecule has 2 saturated heterocycles. The van der Waals surface area contributed by atoms with Crippen molar-refractivity contribution < 1.29 is 33.8 Å². The highest BCUT2D eigenvalue weighted by Gasteiger charge is 2.50. The Bertz CT molecular complexity index is 751. The number of ether oxygens (including phenoxy) is 3. The Morgan fingerprint density at radius 3 is 2.78 bits per heavy atom. The summed E-state index contributed by atoms with van der Waals surface area (Å²) in [7, 11) is 0. The number of hydrogen-bond donors (Lipinski definition) is 3. The third-order valence-corrected chi connectivity index (χ3v) is 5.34. The van der Waals surface area contributed by atoms with E-state index in [0.29, 0.717) is 36.8 Å². The molecule has 3 heterocycles. The standard InChI is InChI=1S/C18H23N3O6/c1-18(12-2-3-14-15(8-12)27-11-26-14)16(23)21(17(24)19-18)10-13(22)9-20-4-6-25-7-5-20/h2-3,8,13,22H,4-7,9-11H2,1H3,(H,19,24)/p+1/t13-,18-/m0/s1. The van der Waals surface area contributed by atoms with Crippen LogP contribution in [0.3, 0.4) is 0 Å². The van der Waals surface area contributed by atoms with Crippen molar-refractivity contribution in [1.29, 1.82) is 0 Å². The van der Waals surface area contributed by atoms with Crippen LogP contribution in [0.5, 0.6) is 11.5 Å². The number of carbonyl (C=O) groups excluding carboxylic acids is 2. The molecular formula is C18H24N3O6+. The number of nitrogens with zero attached hydrogens (tertiary/aromatic N) is 1. The van der Waals surface area contributed by atoms with E-state index in [1.165, 1.54) is 4.90 Å².